The Bertz CT molecular complexity index is 981. The molecule has 0 unspecified atom stereocenters. The molecule has 1 N–H and O–H groups in total. The number of alkyl halides is 2. The third-order valence-electron chi connectivity index (χ3n) is 3.98. The molecule has 3 rings (SSSR count). The molecule has 28 heavy (non-hydrogen) atoms. The van der Waals surface area contributed by atoms with Crippen molar-refractivity contribution in [3.05, 3.63) is 83.4 Å². The van der Waals surface area contributed by atoms with E-state index in [9.17, 15) is 26.3 Å². The number of rotatable bonds is 5. The van der Waals surface area contributed by atoms with Crippen LogP contribution in [0.1, 0.15) is 5.56 Å². The van der Waals surface area contributed by atoms with Crippen LogP contribution in [0.15, 0.2) is 54.6 Å². The van der Waals surface area contributed by atoms with Gasteiger partial charge < -0.3 is 10.1 Å². The lowest BCUT2D eigenvalue weighted by atomic mass is 10.0. The van der Waals surface area contributed by atoms with Crippen LogP contribution in [-0.2, 0) is 6.11 Å². The molecule has 2 nitrogen and oxygen atoms in total. The van der Waals surface area contributed by atoms with Gasteiger partial charge >= 0.3 is 6.11 Å². The highest BCUT2D eigenvalue weighted by atomic mass is 19.3. The smallest absolute Gasteiger partial charge is 0.429 e. The van der Waals surface area contributed by atoms with Crippen LogP contribution in [0.3, 0.4) is 0 Å². The van der Waals surface area contributed by atoms with Gasteiger partial charge in [0.15, 0.2) is 11.6 Å². The molecule has 0 spiro atoms. The van der Waals surface area contributed by atoms with Crippen molar-refractivity contribution in [2.45, 2.75) is 6.11 Å². The number of nitrogens with one attached hydrogen (secondary N) is 1. The van der Waals surface area contributed by atoms with Crippen LogP contribution >= 0.6 is 0 Å². The van der Waals surface area contributed by atoms with Gasteiger partial charge in [0.1, 0.15) is 22.9 Å². The molecule has 0 bridgehead atoms. The summed E-state index contributed by atoms with van der Waals surface area (Å²) in [6, 6.07) is 9.57. The van der Waals surface area contributed by atoms with Gasteiger partial charge in [-0.05, 0) is 47.5 Å². The SMILES string of the molecule is CNc1ccc(-c2cc(F)c(C(F)(F)Oc3ccc(F)c(F)c3)c(F)c2)cc1. The molecule has 0 fully saturated rings. The Balaban J connectivity index is 1.95. The van der Waals surface area contributed by atoms with Crippen molar-refractivity contribution in [2.24, 2.45) is 0 Å². The summed E-state index contributed by atoms with van der Waals surface area (Å²) in [6.07, 6.45) is -4.45. The average molecular weight is 397 g/mol. The van der Waals surface area contributed by atoms with Gasteiger partial charge in [-0.2, -0.15) is 8.78 Å². The Labute approximate surface area is 156 Å². The summed E-state index contributed by atoms with van der Waals surface area (Å²) >= 11 is 0. The van der Waals surface area contributed by atoms with E-state index in [1.54, 1.807) is 31.3 Å². The first kappa shape index (κ1) is 19.6. The molecule has 0 radical (unpaired) electrons. The van der Waals surface area contributed by atoms with Crippen LogP contribution in [0.2, 0.25) is 0 Å². The largest absolute Gasteiger partial charge is 0.432 e. The Morgan fingerprint density at radius 1 is 0.714 bits per heavy atom. The van der Waals surface area contributed by atoms with E-state index in [-0.39, 0.29) is 5.56 Å². The van der Waals surface area contributed by atoms with Gasteiger partial charge in [-0.3, -0.25) is 0 Å². The molecule has 0 aromatic heterocycles. The minimum atomic E-state index is -4.45. The fourth-order valence-electron chi connectivity index (χ4n) is 2.59. The van der Waals surface area contributed by atoms with Gasteiger partial charge in [-0.25, -0.2) is 17.6 Å². The maximum absolute atomic E-state index is 14.3. The average Bonchev–Trinajstić information content (AvgIpc) is 2.63. The molecule has 0 heterocycles. The van der Waals surface area contributed by atoms with Crippen molar-refractivity contribution in [3.8, 4) is 16.9 Å². The zero-order valence-corrected chi connectivity index (χ0v) is 14.4. The molecule has 0 aliphatic carbocycles. The molecule has 0 atom stereocenters. The Hall–Kier alpha value is -3.16. The molecule has 0 amide bonds. The third kappa shape index (κ3) is 3.90. The monoisotopic (exact) mass is 397 g/mol. The Kier molecular flexibility index (Phi) is 5.22. The standard InChI is InChI=1S/C20H13F6NO/c1-27-13-4-2-11(3-5-13)12-8-17(23)19(18(24)9-12)20(25,26)28-14-6-7-15(21)16(22)10-14/h2-10,27H,1H3. The van der Waals surface area contributed by atoms with Gasteiger partial charge in [0.2, 0.25) is 0 Å². The normalized spacial score (nSPS) is 11.4. The predicted octanol–water partition coefficient (Wildman–Crippen LogP) is 6.08. The van der Waals surface area contributed by atoms with Crippen molar-refractivity contribution in [1.29, 1.82) is 0 Å². The van der Waals surface area contributed by atoms with Crippen LogP contribution in [0.5, 0.6) is 5.75 Å². The lowest BCUT2D eigenvalue weighted by molar-refractivity contribution is -0.189. The second-order valence-electron chi connectivity index (χ2n) is 5.84. The minimum Gasteiger partial charge on any atom is -0.429 e. The second kappa shape index (κ2) is 7.46. The molecule has 146 valence electrons. The van der Waals surface area contributed by atoms with E-state index >= 15 is 0 Å². The van der Waals surface area contributed by atoms with Crippen LogP contribution < -0.4 is 10.1 Å². The number of hydrogen-bond donors (Lipinski definition) is 1. The maximum Gasteiger partial charge on any atom is 0.432 e. The number of hydrogen-bond acceptors (Lipinski definition) is 2. The zero-order valence-electron chi connectivity index (χ0n) is 14.4. The van der Waals surface area contributed by atoms with Gasteiger partial charge in [0.25, 0.3) is 0 Å². The second-order valence-corrected chi connectivity index (χ2v) is 5.84. The van der Waals surface area contributed by atoms with Gasteiger partial charge in [0.05, 0.1) is 0 Å². The molecule has 3 aromatic rings. The molecular weight excluding hydrogens is 384 g/mol. The van der Waals surface area contributed by atoms with Crippen molar-refractivity contribution < 1.29 is 31.1 Å². The number of ether oxygens (including phenoxy) is 1. The molecule has 8 heteroatoms. The lowest BCUT2D eigenvalue weighted by Crippen LogP contribution is -2.25. The first-order valence-corrected chi connectivity index (χ1v) is 8.01. The summed E-state index contributed by atoms with van der Waals surface area (Å²) in [5.74, 6) is -6.58. The highest BCUT2D eigenvalue weighted by Gasteiger charge is 2.41. The van der Waals surface area contributed by atoms with Crippen LogP contribution in [-0.4, -0.2) is 7.05 Å². The summed E-state index contributed by atoms with van der Waals surface area (Å²) < 4.78 is 87.6. The number of halogens is 6. The maximum atomic E-state index is 14.3. The molecule has 0 saturated carbocycles. The van der Waals surface area contributed by atoms with E-state index in [0.29, 0.717) is 17.7 Å². The highest BCUT2D eigenvalue weighted by Crippen LogP contribution is 2.37. The first-order chi connectivity index (χ1) is 13.2. The molecule has 0 aliphatic heterocycles. The third-order valence-corrected chi connectivity index (χ3v) is 3.98. The fourth-order valence-corrected chi connectivity index (χ4v) is 2.59. The number of anilines is 1. The van der Waals surface area contributed by atoms with Crippen LogP contribution in [0.25, 0.3) is 11.1 Å². The Morgan fingerprint density at radius 3 is 1.86 bits per heavy atom. The quantitative estimate of drug-likeness (QED) is 0.527. The van der Waals surface area contributed by atoms with E-state index in [4.69, 9.17) is 0 Å². The summed E-state index contributed by atoms with van der Waals surface area (Å²) in [5, 5.41) is 2.87. The predicted molar refractivity (Wildman–Crippen MR) is 92.2 cm³/mol. The van der Waals surface area contributed by atoms with Crippen molar-refractivity contribution in [1.82, 2.24) is 0 Å². The molecule has 0 saturated heterocycles. The van der Waals surface area contributed by atoms with Gasteiger partial charge in [0, 0.05) is 18.8 Å². The molecule has 3 aromatic carbocycles. The van der Waals surface area contributed by atoms with E-state index in [1.165, 1.54) is 0 Å². The zero-order chi connectivity index (χ0) is 20.5. The lowest BCUT2D eigenvalue weighted by Gasteiger charge is -2.20. The van der Waals surface area contributed by atoms with Gasteiger partial charge in [-0.1, -0.05) is 12.1 Å². The van der Waals surface area contributed by atoms with Crippen LogP contribution in [0.4, 0.5) is 32.0 Å². The van der Waals surface area contributed by atoms with E-state index in [0.717, 1.165) is 23.9 Å². The Morgan fingerprint density at radius 2 is 1.32 bits per heavy atom. The van der Waals surface area contributed by atoms with Crippen molar-refractivity contribution >= 4 is 5.69 Å². The summed E-state index contributed by atoms with van der Waals surface area (Å²) in [7, 11) is 1.69. The van der Waals surface area contributed by atoms with E-state index in [1.807, 2.05) is 0 Å². The summed E-state index contributed by atoms with van der Waals surface area (Å²) in [6.45, 7) is 0. The molecule has 0 aliphatic rings. The van der Waals surface area contributed by atoms with Gasteiger partial charge in [-0.15, -0.1) is 0 Å². The van der Waals surface area contributed by atoms with Crippen LogP contribution in [0, 0.1) is 23.3 Å². The minimum absolute atomic E-state index is 0.0463. The fraction of sp³-hybridized carbons (Fsp3) is 0.100. The van der Waals surface area contributed by atoms with E-state index in [2.05, 4.69) is 10.1 Å². The topological polar surface area (TPSA) is 21.3 Å². The number of benzene rings is 3. The summed E-state index contributed by atoms with van der Waals surface area (Å²) in [4.78, 5) is 0. The first-order valence-electron chi connectivity index (χ1n) is 8.01. The van der Waals surface area contributed by atoms with E-state index < -0.39 is 40.7 Å². The highest BCUT2D eigenvalue weighted by molar-refractivity contribution is 5.66. The summed E-state index contributed by atoms with van der Waals surface area (Å²) in [5.41, 5.74) is -0.418. The van der Waals surface area contributed by atoms with Crippen molar-refractivity contribution in [3.63, 3.8) is 0 Å². The van der Waals surface area contributed by atoms with Crippen molar-refractivity contribution in [2.75, 3.05) is 12.4 Å². The molecular formula is C20H13F6NO.